The topological polar surface area (TPSA) is 21.3 Å². The summed E-state index contributed by atoms with van der Waals surface area (Å²) >= 11 is 1.90. The van der Waals surface area contributed by atoms with Gasteiger partial charge in [-0.05, 0) is 37.4 Å². The Bertz CT molecular complexity index is 373. The first-order valence-electron chi connectivity index (χ1n) is 8.50. The summed E-state index contributed by atoms with van der Waals surface area (Å²) in [5, 5.41) is 3.51. The number of unbranched alkanes of at least 4 members (excludes halogenated alkanes) is 4. The van der Waals surface area contributed by atoms with Crippen LogP contribution in [0.5, 0.6) is 0 Å². The minimum atomic E-state index is 0.710. The van der Waals surface area contributed by atoms with Crippen LogP contribution in [0.1, 0.15) is 68.2 Å². The van der Waals surface area contributed by atoms with E-state index in [1.807, 2.05) is 11.3 Å². The van der Waals surface area contributed by atoms with Gasteiger partial charge in [0, 0.05) is 22.9 Å². The lowest BCUT2D eigenvalue weighted by Crippen LogP contribution is -2.18. The van der Waals surface area contributed by atoms with E-state index >= 15 is 0 Å². The molecule has 0 amide bonds. The summed E-state index contributed by atoms with van der Waals surface area (Å²) in [6, 6.07) is 2.31. The predicted molar refractivity (Wildman–Crippen MR) is 94.0 cm³/mol. The Labute approximate surface area is 135 Å². The second-order valence-corrected chi connectivity index (χ2v) is 7.63. The van der Waals surface area contributed by atoms with Gasteiger partial charge in [0.05, 0.1) is 6.61 Å². The fourth-order valence-corrected chi connectivity index (χ4v) is 3.31. The number of hydrogen-bond acceptors (Lipinski definition) is 3. The minimum absolute atomic E-state index is 0.710. The summed E-state index contributed by atoms with van der Waals surface area (Å²) in [5.74, 6) is 0.710. The van der Waals surface area contributed by atoms with E-state index in [1.165, 1.54) is 47.4 Å². The van der Waals surface area contributed by atoms with Crippen molar-refractivity contribution >= 4 is 11.3 Å². The molecule has 1 heterocycles. The maximum absolute atomic E-state index is 5.82. The summed E-state index contributed by atoms with van der Waals surface area (Å²) in [5.41, 5.74) is 1.37. The van der Waals surface area contributed by atoms with Crippen LogP contribution in [0.2, 0.25) is 0 Å². The van der Waals surface area contributed by atoms with Gasteiger partial charge in [-0.25, -0.2) is 0 Å². The highest BCUT2D eigenvalue weighted by Crippen LogP contribution is 2.22. The zero-order valence-corrected chi connectivity index (χ0v) is 15.2. The molecule has 0 fully saturated rings. The standard InChI is InChI=1S/C18H33NOS/c1-5-6-7-8-9-10-20-14-17-11-18(21-16(17)4)13-19-12-15(2)3/h11,15,19H,5-10,12-14H2,1-4H3. The van der Waals surface area contributed by atoms with Crippen LogP contribution in [0.3, 0.4) is 0 Å². The van der Waals surface area contributed by atoms with E-state index < -0.39 is 0 Å². The molecule has 3 heteroatoms. The Morgan fingerprint density at radius 1 is 1.19 bits per heavy atom. The summed E-state index contributed by atoms with van der Waals surface area (Å²) in [6.45, 7) is 12.7. The molecule has 1 N–H and O–H groups in total. The average Bonchev–Trinajstić information content (AvgIpc) is 2.78. The molecular weight excluding hydrogens is 278 g/mol. The number of nitrogens with one attached hydrogen (secondary N) is 1. The molecule has 122 valence electrons. The monoisotopic (exact) mass is 311 g/mol. The number of ether oxygens (including phenoxy) is 1. The SMILES string of the molecule is CCCCCCCOCc1cc(CNCC(C)C)sc1C. The molecule has 21 heavy (non-hydrogen) atoms. The minimum Gasteiger partial charge on any atom is -0.377 e. The van der Waals surface area contributed by atoms with Crippen LogP contribution in [0, 0.1) is 12.8 Å². The highest BCUT2D eigenvalue weighted by Gasteiger charge is 2.06. The van der Waals surface area contributed by atoms with Gasteiger partial charge in [0.1, 0.15) is 0 Å². The third-order valence-corrected chi connectivity index (χ3v) is 4.67. The Balaban J connectivity index is 2.18. The molecule has 0 aliphatic heterocycles. The van der Waals surface area contributed by atoms with Gasteiger partial charge in [0.25, 0.3) is 0 Å². The Morgan fingerprint density at radius 2 is 1.95 bits per heavy atom. The first-order chi connectivity index (χ1) is 10.1. The van der Waals surface area contributed by atoms with Crippen LogP contribution >= 0.6 is 11.3 Å². The Kier molecular flexibility index (Phi) is 9.98. The molecule has 0 spiro atoms. The van der Waals surface area contributed by atoms with Crippen molar-refractivity contribution in [1.29, 1.82) is 0 Å². The zero-order chi connectivity index (χ0) is 15.5. The molecule has 0 radical (unpaired) electrons. The van der Waals surface area contributed by atoms with Gasteiger partial charge in [-0.2, -0.15) is 0 Å². The van der Waals surface area contributed by atoms with Gasteiger partial charge in [-0.1, -0.05) is 46.5 Å². The smallest absolute Gasteiger partial charge is 0.0727 e. The van der Waals surface area contributed by atoms with E-state index in [1.54, 1.807) is 0 Å². The van der Waals surface area contributed by atoms with Crippen molar-refractivity contribution in [3.05, 3.63) is 21.4 Å². The predicted octanol–water partition coefficient (Wildman–Crippen LogP) is 5.29. The van der Waals surface area contributed by atoms with E-state index in [0.29, 0.717) is 5.92 Å². The molecule has 0 atom stereocenters. The number of rotatable bonds is 12. The lowest BCUT2D eigenvalue weighted by molar-refractivity contribution is 0.116. The highest BCUT2D eigenvalue weighted by atomic mass is 32.1. The molecule has 0 unspecified atom stereocenters. The average molecular weight is 312 g/mol. The van der Waals surface area contributed by atoms with E-state index in [-0.39, 0.29) is 0 Å². The largest absolute Gasteiger partial charge is 0.377 e. The lowest BCUT2D eigenvalue weighted by Gasteiger charge is -2.05. The molecule has 0 aliphatic carbocycles. The second kappa shape index (κ2) is 11.2. The normalized spacial score (nSPS) is 11.5. The van der Waals surface area contributed by atoms with Crippen LogP contribution < -0.4 is 5.32 Å². The van der Waals surface area contributed by atoms with Crippen LogP contribution in [-0.2, 0) is 17.9 Å². The van der Waals surface area contributed by atoms with Crippen molar-refractivity contribution < 1.29 is 4.74 Å². The molecule has 0 aliphatic rings. The van der Waals surface area contributed by atoms with Crippen molar-refractivity contribution in [3.63, 3.8) is 0 Å². The molecule has 2 nitrogen and oxygen atoms in total. The van der Waals surface area contributed by atoms with E-state index in [2.05, 4.69) is 39.1 Å². The van der Waals surface area contributed by atoms with Crippen molar-refractivity contribution in [2.24, 2.45) is 5.92 Å². The fraction of sp³-hybridized carbons (Fsp3) is 0.778. The van der Waals surface area contributed by atoms with Gasteiger partial charge in [0.2, 0.25) is 0 Å². The summed E-state index contributed by atoms with van der Waals surface area (Å²) < 4.78 is 5.82. The first kappa shape index (κ1) is 18.7. The first-order valence-corrected chi connectivity index (χ1v) is 9.31. The lowest BCUT2D eigenvalue weighted by atomic mass is 10.2. The Hall–Kier alpha value is -0.380. The zero-order valence-electron chi connectivity index (χ0n) is 14.3. The summed E-state index contributed by atoms with van der Waals surface area (Å²) in [4.78, 5) is 2.83. The van der Waals surface area contributed by atoms with Crippen LogP contribution in [-0.4, -0.2) is 13.2 Å². The van der Waals surface area contributed by atoms with Gasteiger partial charge in [0.15, 0.2) is 0 Å². The molecule has 0 aromatic carbocycles. The van der Waals surface area contributed by atoms with E-state index in [0.717, 1.165) is 26.3 Å². The van der Waals surface area contributed by atoms with E-state index in [9.17, 15) is 0 Å². The van der Waals surface area contributed by atoms with Crippen molar-refractivity contribution in [1.82, 2.24) is 5.32 Å². The molecule has 1 aromatic heterocycles. The maximum Gasteiger partial charge on any atom is 0.0727 e. The second-order valence-electron chi connectivity index (χ2n) is 6.29. The Morgan fingerprint density at radius 3 is 2.67 bits per heavy atom. The molecular formula is C18H33NOS. The maximum atomic E-state index is 5.82. The molecule has 0 saturated carbocycles. The molecule has 1 rings (SSSR count). The van der Waals surface area contributed by atoms with Gasteiger partial charge < -0.3 is 10.1 Å². The van der Waals surface area contributed by atoms with E-state index in [4.69, 9.17) is 4.74 Å². The fourth-order valence-electron chi connectivity index (χ4n) is 2.29. The quantitative estimate of drug-likeness (QED) is 0.530. The van der Waals surface area contributed by atoms with Crippen LogP contribution in [0.25, 0.3) is 0 Å². The molecule has 0 bridgehead atoms. The third-order valence-electron chi connectivity index (χ3n) is 3.57. The number of hydrogen-bond donors (Lipinski definition) is 1. The van der Waals surface area contributed by atoms with Gasteiger partial charge >= 0.3 is 0 Å². The number of thiophene rings is 1. The highest BCUT2D eigenvalue weighted by molar-refractivity contribution is 7.12. The van der Waals surface area contributed by atoms with Crippen molar-refractivity contribution in [3.8, 4) is 0 Å². The van der Waals surface area contributed by atoms with Crippen LogP contribution in [0.15, 0.2) is 6.07 Å². The van der Waals surface area contributed by atoms with Crippen molar-refractivity contribution in [2.75, 3.05) is 13.2 Å². The summed E-state index contributed by atoms with van der Waals surface area (Å²) in [7, 11) is 0. The number of aryl methyl sites for hydroxylation is 1. The van der Waals surface area contributed by atoms with Gasteiger partial charge in [-0.3, -0.25) is 0 Å². The van der Waals surface area contributed by atoms with Crippen molar-refractivity contribution in [2.45, 2.75) is 73.0 Å². The molecule has 0 saturated heterocycles. The van der Waals surface area contributed by atoms with Gasteiger partial charge in [-0.15, -0.1) is 11.3 Å². The third kappa shape index (κ3) is 8.60. The molecule has 1 aromatic rings. The summed E-state index contributed by atoms with van der Waals surface area (Å²) in [6.07, 6.45) is 6.52. The van der Waals surface area contributed by atoms with Crippen LogP contribution in [0.4, 0.5) is 0 Å².